The lowest BCUT2D eigenvalue weighted by atomic mass is 9.98. The number of hydrogen-bond donors (Lipinski definition) is 0. The number of aromatic nitrogens is 1. The van der Waals surface area contributed by atoms with E-state index >= 15 is 0 Å². The molecule has 3 rings (SSSR count). The number of para-hydroxylation sites is 1. The quantitative estimate of drug-likeness (QED) is 0.316. The Kier molecular flexibility index (Phi) is 7.98. The summed E-state index contributed by atoms with van der Waals surface area (Å²) in [7, 11) is 5.97. The van der Waals surface area contributed by atoms with Gasteiger partial charge in [0.15, 0.2) is 0 Å². The van der Waals surface area contributed by atoms with E-state index < -0.39 is 0 Å². The molecule has 3 nitrogen and oxygen atoms in total. The molecule has 0 aliphatic heterocycles. The maximum absolute atomic E-state index is 6.07. The molecule has 0 amide bonds. The van der Waals surface area contributed by atoms with Crippen LogP contribution in [0.5, 0.6) is 0 Å². The Morgan fingerprint density at radius 1 is 0.900 bits per heavy atom. The van der Waals surface area contributed by atoms with E-state index in [0.29, 0.717) is 0 Å². The van der Waals surface area contributed by atoms with E-state index in [2.05, 4.69) is 85.9 Å². The molecule has 1 atom stereocenters. The van der Waals surface area contributed by atoms with Gasteiger partial charge in [0.05, 0.1) is 0 Å². The summed E-state index contributed by atoms with van der Waals surface area (Å²) in [6, 6.07) is 17.5. The summed E-state index contributed by atoms with van der Waals surface area (Å²) in [5, 5.41) is 1.31. The summed E-state index contributed by atoms with van der Waals surface area (Å²) in [4.78, 5) is 2.13. The van der Waals surface area contributed by atoms with E-state index in [1.165, 1.54) is 71.9 Å². The number of ether oxygens (including phenoxy) is 1. The summed E-state index contributed by atoms with van der Waals surface area (Å²) in [5.41, 5.74) is 6.36. The molecule has 3 heteroatoms. The van der Waals surface area contributed by atoms with Gasteiger partial charge in [0, 0.05) is 55.6 Å². The summed E-state index contributed by atoms with van der Waals surface area (Å²) >= 11 is 0. The van der Waals surface area contributed by atoms with Crippen molar-refractivity contribution in [1.29, 1.82) is 0 Å². The summed E-state index contributed by atoms with van der Waals surface area (Å²) in [6.45, 7) is 5.61. The van der Waals surface area contributed by atoms with E-state index in [4.69, 9.17) is 4.74 Å². The van der Waals surface area contributed by atoms with Gasteiger partial charge in [-0.3, -0.25) is 0 Å². The van der Waals surface area contributed by atoms with Crippen LogP contribution in [0.2, 0.25) is 0 Å². The molecule has 162 valence electrons. The summed E-state index contributed by atoms with van der Waals surface area (Å²) < 4.78 is 8.57. The minimum Gasteiger partial charge on any atom is -0.378 e. The first-order chi connectivity index (χ1) is 14.6. The highest BCUT2D eigenvalue weighted by Crippen LogP contribution is 2.36. The zero-order valence-electron chi connectivity index (χ0n) is 19.4. The van der Waals surface area contributed by atoms with Gasteiger partial charge in [-0.05, 0) is 37.1 Å². The third kappa shape index (κ3) is 4.89. The molecule has 0 saturated carbocycles. The van der Waals surface area contributed by atoms with E-state index in [0.717, 1.165) is 6.54 Å². The van der Waals surface area contributed by atoms with Crippen molar-refractivity contribution in [2.45, 2.75) is 65.0 Å². The van der Waals surface area contributed by atoms with Crippen LogP contribution >= 0.6 is 0 Å². The van der Waals surface area contributed by atoms with Crippen molar-refractivity contribution < 1.29 is 4.74 Å². The van der Waals surface area contributed by atoms with Crippen LogP contribution in [0.25, 0.3) is 10.9 Å². The second-order valence-corrected chi connectivity index (χ2v) is 8.54. The second kappa shape index (κ2) is 10.7. The average molecular weight is 407 g/mol. The van der Waals surface area contributed by atoms with Gasteiger partial charge in [-0.1, -0.05) is 69.4 Å². The van der Waals surface area contributed by atoms with Crippen molar-refractivity contribution in [3.8, 4) is 0 Å². The molecule has 0 fully saturated rings. The van der Waals surface area contributed by atoms with Crippen LogP contribution in [-0.2, 0) is 11.3 Å². The Bertz CT molecular complexity index is 924. The number of nitrogens with zero attached hydrogens (tertiary/aromatic N) is 2. The van der Waals surface area contributed by atoms with Crippen molar-refractivity contribution in [2.75, 3.05) is 26.1 Å². The zero-order valence-corrected chi connectivity index (χ0v) is 19.4. The van der Waals surface area contributed by atoms with Crippen LogP contribution in [0.15, 0.2) is 48.5 Å². The zero-order chi connectivity index (χ0) is 21.5. The van der Waals surface area contributed by atoms with Gasteiger partial charge < -0.3 is 14.2 Å². The van der Waals surface area contributed by atoms with E-state index in [-0.39, 0.29) is 6.10 Å². The smallest absolute Gasteiger partial charge is 0.109 e. The topological polar surface area (TPSA) is 17.4 Å². The highest BCUT2D eigenvalue weighted by atomic mass is 16.5. The number of hydrogen-bond acceptors (Lipinski definition) is 2. The van der Waals surface area contributed by atoms with E-state index in [1.54, 1.807) is 0 Å². The molecule has 2 aromatic carbocycles. The molecule has 0 aliphatic rings. The average Bonchev–Trinajstić information content (AvgIpc) is 3.03. The fourth-order valence-corrected chi connectivity index (χ4v) is 4.49. The molecule has 0 saturated heterocycles. The Balaban J connectivity index is 1.90. The van der Waals surface area contributed by atoms with Gasteiger partial charge >= 0.3 is 0 Å². The summed E-state index contributed by atoms with van der Waals surface area (Å²) in [6.07, 6.45) is 7.85. The van der Waals surface area contributed by atoms with Gasteiger partial charge in [0.1, 0.15) is 6.10 Å². The second-order valence-electron chi connectivity index (χ2n) is 8.54. The van der Waals surface area contributed by atoms with Gasteiger partial charge in [-0.2, -0.15) is 0 Å². The van der Waals surface area contributed by atoms with Gasteiger partial charge in [-0.15, -0.1) is 0 Å². The predicted octanol–water partition coefficient (Wildman–Crippen LogP) is 7.11. The predicted molar refractivity (Wildman–Crippen MR) is 130 cm³/mol. The van der Waals surface area contributed by atoms with Crippen molar-refractivity contribution in [3.63, 3.8) is 0 Å². The van der Waals surface area contributed by atoms with Gasteiger partial charge in [0.2, 0.25) is 0 Å². The Morgan fingerprint density at radius 3 is 2.23 bits per heavy atom. The standard InChI is InChI=1S/C27H38N2O/c1-6-7-8-9-10-13-20-29-21(2)26(24-14-11-12-15-25(24)29)27(30-5)22-16-18-23(19-17-22)28(3)4/h11-12,14-19,27H,6-10,13,20H2,1-5H3. The Hall–Kier alpha value is -2.26. The minimum absolute atomic E-state index is 0.0584. The number of methoxy groups -OCH3 is 1. The van der Waals surface area contributed by atoms with Crippen molar-refractivity contribution in [3.05, 3.63) is 65.4 Å². The number of benzene rings is 2. The van der Waals surface area contributed by atoms with Crippen LogP contribution in [0, 0.1) is 6.92 Å². The third-order valence-corrected chi connectivity index (χ3v) is 6.23. The van der Waals surface area contributed by atoms with Crippen LogP contribution in [0.1, 0.15) is 68.4 Å². The number of rotatable bonds is 11. The molecule has 30 heavy (non-hydrogen) atoms. The van der Waals surface area contributed by atoms with E-state index in [1.807, 2.05) is 7.11 Å². The molecular weight excluding hydrogens is 368 g/mol. The SMILES string of the molecule is CCCCCCCCn1c(C)c(C(OC)c2ccc(N(C)C)cc2)c2ccccc21. The minimum atomic E-state index is -0.0584. The molecule has 1 unspecified atom stereocenters. The van der Waals surface area contributed by atoms with Gasteiger partial charge in [-0.25, -0.2) is 0 Å². The largest absolute Gasteiger partial charge is 0.378 e. The maximum atomic E-state index is 6.07. The molecule has 0 bridgehead atoms. The number of fused-ring (bicyclic) bond motifs is 1. The Labute approximate surface area is 182 Å². The van der Waals surface area contributed by atoms with Gasteiger partial charge in [0.25, 0.3) is 0 Å². The maximum Gasteiger partial charge on any atom is 0.109 e. The fraction of sp³-hybridized carbons (Fsp3) is 0.481. The first kappa shape index (κ1) is 22.4. The highest BCUT2D eigenvalue weighted by Gasteiger charge is 2.23. The summed E-state index contributed by atoms with van der Waals surface area (Å²) in [5.74, 6) is 0. The lowest BCUT2D eigenvalue weighted by Gasteiger charge is -2.19. The molecule has 3 aromatic rings. The highest BCUT2D eigenvalue weighted by molar-refractivity contribution is 5.86. The monoisotopic (exact) mass is 406 g/mol. The first-order valence-electron chi connectivity index (χ1n) is 11.5. The molecule has 1 heterocycles. The lowest BCUT2D eigenvalue weighted by molar-refractivity contribution is 0.137. The van der Waals surface area contributed by atoms with Crippen LogP contribution in [0.3, 0.4) is 0 Å². The van der Waals surface area contributed by atoms with Crippen molar-refractivity contribution in [1.82, 2.24) is 4.57 Å². The molecule has 1 aromatic heterocycles. The Morgan fingerprint density at radius 2 is 1.57 bits per heavy atom. The fourth-order valence-electron chi connectivity index (χ4n) is 4.49. The normalized spacial score (nSPS) is 12.4. The van der Waals surface area contributed by atoms with E-state index in [9.17, 15) is 0 Å². The number of anilines is 1. The van der Waals surface area contributed by atoms with Crippen LogP contribution in [0.4, 0.5) is 5.69 Å². The first-order valence-corrected chi connectivity index (χ1v) is 11.5. The molecule has 0 radical (unpaired) electrons. The van der Waals surface area contributed by atoms with Crippen molar-refractivity contribution >= 4 is 16.6 Å². The van der Waals surface area contributed by atoms with Crippen LogP contribution in [-0.4, -0.2) is 25.8 Å². The molecule has 0 aliphatic carbocycles. The number of aryl methyl sites for hydroxylation is 1. The molecular formula is C27H38N2O. The van der Waals surface area contributed by atoms with Crippen LogP contribution < -0.4 is 4.90 Å². The van der Waals surface area contributed by atoms with Crippen molar-refractivity contribution in [2.24, 2.45) is 0 Å². The number of unbranched alkanes of at least 4 members (excludes halogenated alkanes) is 5. The third-order valence-electron chi connectivity index (χ3n) is 6.23. The molecule has 0 spiro atoms. The molecule has 0 N–H and O–H groups in total. The lowest BCUT2D eigenvalue weighted by Crippen LogP contribution is -2.10.